The van der Waals surface area contributed by atoms with Crippen LogP contribution in [0.3, 0.4) is 0 Å². The van der Waals surface area contributed by atoms with Crippen LogP contribution in [-0.2, 0) is 4.79 Å². The fraction of sp³-hybridized carbons (Fsp3) is 0.100. The Balaban J connectivity index is 1.77. The fourth-order valence-corrected chi connectivity index (χ4v) is 2.31. The number of rotatable bonds is 4. The van der Waals surface area contributed by atoms with Crippen LogP contribution in [0.5, 0.6) is 5.75 Å². The quantitative estimate of drug-likeness (QED) is 0.534. The van der Waals surface area contributed by atoms with Crippen LogP contribution in [0.25, 0.3) is 22.3 Å². The molecule has 0 unspecified atom stereocenters. The number of benzene rings is 2. The van der Waals surface area contributed by atoms with Gasteiger partial charge in [-0.3, -0.25) is 4.79 Å². The first kappa shape index (κ1) is 16.3. The molecule has 0 saturated carbocycles. The van der Waals surface area contributed by atoms with Gasteiger partial charge in [0.1, 0.15) is 11.8 Å². The molecule has 1 heterocycles. The lowest BCUT2D eigenvalue weighted by Crippen LogP contribution is -2.05. The minimum Gasteiger partial charge on any atom is -0.427 e. The van der Waals surface area contributed by atoms with Crippen molar-refractivity contribution in [2.24, 2.45) is 0 Å². The summed E-state index contributed by atoms with van der Waals surface area (Å²) in [5.74, 6) is 0.452. The second-order valence-electron chi connectivity index (χ2n) is 5.34. The first-order chi connectivity index (χ1) is 12.2. The molecule has 0 atom stereocenters. The van der Waals surface area contributed by atoms with Crippen LogP contribution in [0.4, 0.5) is 0 Å². The Morgan fingerprint density at radius 3 is 1.88 bits per heavy atom. The predicted molar refractivity (Wildman–Crippen MR) is 93.5 cm³/mol. The maximum Gasteiger partial charge on any atom is 0.310 e. The molecule has 25 heavy (non-hydrogen) atoms. The van der Waals surface area contributed by atoms with Crippen LogP contribution < -0.4 is 4.74 Å². The lowest BCUT2D eigenvalue weighted by Gasteiger charge is -2.06. The zero-order valence-electron chi connectivity index (χ0n) is 13.6. The van der Waals surface area contributed by atoms with E-state index in [4.69, 9.17) is 10.00 Å². The molecule has 0 saturated heterocycles. The number of carbonyl (C=O) groups is 1. The Morgan fingerprint density at radius 1 is 0.920 bits per heavy atom. The van der Waals surface area contributed by atoms with Crippen LogP contribution in [0.15, 0.2) is 60.9 Å². The molecule has 0 aliphatic rings. The highest BCUT2D eigenvalue weighted by Crippen LogP contribution is 2.26. The van der Waals surface area contributed by atoms with Crippen molar-refractivity contribution >= 4 is 5.97 Å². The number of nitriles is 1. The van der Waals surface area contributed by atoms with Gasteiger partial charge in [-0.1, -0.05) is 43.3 Å². The molecule has 3 rings (SSSR count). The molecule has 0 N–H and O–H groups in total. The van der Waals surface area contributed by atoms with E-state index in [0.717, 1.165) is 22.3 Å². The molecule has 0 amide bonds. The van der Waals surface area contributed by atoms with Gasteiger partial charge >= 0.3 is 5.97 Å². The van der Waals surface area contributed by atoms with Gasteiger partial charge in [0.05, 0.1) is 0 Å². The minimum absolute atomic E-state index is 0.157. The molecule has 5 heteroatoms. The van der Waals surface area contributed by atoms with E-state index in [-0.39, 0.29) is 11.8 Å². The average Bonchev–Trinajstić information content (AvgIpc) is 2.69. The summed E-state index contributed by atoms with van der Waals surface area (Å²) >= 11 is 0. The molecular weight excluding hydrogens is 314 g/mol. The van der Waals surface area contributed by atoms with Crippen LogP contribution in [0, 0.1) is 11.3 Å². The third-order valence-electron chi connectivity index (χ3n) is 3.68. The van der Waals surface area contributed by atoms with Crippen molar-refractivity contribution in [2.75, 3.05) is 0 Å². The first-order valence-corrected chi connectivity index (χ1v) is 7.83. The van der Waals surface area contributed by atoms with Gasteiger partial charge in [0, 0.05) is 24.4 Å². The summed E-state index contributed by atoms with van der Waals surface area (Å²) in [6.45, 7) is 1.76. The molecule has 3 aromatic rings. The highest BCUT2D eigenvalue weighted by Gasteiger charge is 2.04. The predicted octanol–water partition coefficient (Wildman–Crippen LogP) is 4.00. The lowest BCUT2D eigenvalue weighted by molar-refractivity contribution is -0.134. The summed E-state index contributed by atoms with van der Waals surface area (Å²) in [5.41, 5.74) is 3.90. The minimum atomic E-state index is -0.248. The number of aromatic nitrogens is 2. The van der Waals surface area contributed by atoms with E-state index < -0.39 is 0 Å². The largest absolute Gasteiger partial charge is 0.427 e. The third kappa shape index (κ3) is 3.88. The molecule has 0 fully saturated rings. The van der Waals surface area contributed by atoms with Crippen molar-refractivity contribution < 1.29 is 9.53 Å². The van der Waals surface area contributed by atoms with E-state index >= 15 is 0 Å². The van der Waals surface area contributed by atoms with Crippen LogP contribution in [-0.4, -0.2) is 15.9 Å². The first-order valence-electron chi connectivity index (χ1n) is 7.83. The highest BCUT2D eigenvalue weighted by atomic mass is 16.5. The molecular formula is C20H15N3O2. The highest BCUT2D eigenvalue weighted by molar-refractivity contribution is 5.73. The summed E-state index contributed by atoms with van der Waals surface area (Å²) in [6.07, 6.45) is 3.62. The number of esters is 1. The standard InChI is InChI=1S/C20H15N3O2/c1-2-20(24)25-18-9-7-15(8-10-18)14-3-5-16(6-4-14)17-12-22-19(11-21)23-13-17/h3-10,12-13H,2H2,1H3. The maximum atomic E-state index is 11.3. The zero-order valence-corrected chi connectivity index (χ0v) is 13.6. The molecule has 0 spiro atoms. The Morgan fingerprint density at radius 2 is 1.40 bits per heavy atom. The number of nitrogens with zero attached hydrogens (tertiary/aromatic N) is 3. The van der Waals surface area contributed by atoms with Gasteiger partial charge in [-0.05, 0) is 28.8 Å². The summed E-state index contributed by atoms with van der Waals surface area (Å²) in [5, 5.41) is 8.74. The van der Waals surface area contributed by atoms with E-state index in [1.165, 1.54) is 0 Å². The summed E-state index contributed by atoms with van der Waals surface area (Å²) < 4.78 is 5.17. The Bertz CT molecular complexity index is 909. The Labute approximate surface area is 145 Å². The van der Waals surface area contributed by atoms with Crippen molar-refractivity contribution in [2.45, 2.75) is 13.3 Å². The summed E-state index contributed by atoms with van der Waals surface area (Å²) in [7, 11) is 0. The number of hydrogen-bond acceptors (Lipinski definition) is 5. The summed E-state index contributed by atoms with van der Waals surface area (Å²) in [6, 6.07) is 17.3. The lowest BCUT2D eigenvalue weighted by atomic mass is 10.0. The number of ether oxygens (including phenoxy) is 1. The SMILES string of the molecule is CCC(=O)Oc1ccc(-c2ccc(-c3cnc(C#N)nc3)cc2)cc1. The van der Waals surface area contributed by atoms with Gasteiger partial charge < -0.3 is 4.74 Å². The third-order valence-corrected chi connectivity index (χ3v) is 3.68. The number of hydrogen-bond donors (Lipinski definition) is 0. The average molecular weight is 329 g/mol. The number of carbonyl (C=O) groups excluding carboxylic acids is 1. The van der Waals surface area contributed by atoms with E-state index in [0.29, 0.717) is 12.2 Å². The van der Waals surface area contributed by atoms with Crippen LogP contribution in [0.1, 0.15) is 19.2 Å². The molecule has 122 valence electrons. The molecule has 0 radical (unpaired) electrons. The smallest absolute Gasteiger partial charge is 0.310 e. The topological polar surface area (TPSA) is 75.9 Å². The molecule has 0 aliphatic heterocycles. The van der Waals surface area contributed by atoms with Crippen molar-refractivity contribution in [3.05, 3.63) is 66.7 Å². The van der Waals surface area contributed by atoms with Crippen LogP contribution >= 0.6 is 0 Å². The van der Waals surface area contributed by atoms with Gasteiger partial charge in [0.25, 0.3) is 0 Å². The van der Waals surface area contributed by atoms with E-state index in [9.17, 15) is 4.79 Å². The van der Waals surface area contributed by atoms with Gasteiger partial charge in [-0.2, -0.15) is 5.26 Å². The second-order valence-corrected chi connectivity index (χ2v) is 5.34. The Hall–Kier alpha value is -3.52. The zero-order chi connectivity index (χ0) is 17.6. The van der Waals surface area contributed by atoms with Gasteiger partial charge in [0.2, 0.25) is 5.82 Å². The van der Waals surface area contributed by atoms with E-state index in [2.05, 4.69) is 9.97 Å². The normalized spacial score (nSPS) is 10.1. The van der Waals surface area contributed by atoms with E-state index in [1.807, 2.05) is 42.5 Å². The van der Waals surface area contributed by atoms with Crippen molar-refractivity contribution in [1.82, 2.24) is 9.97 Å². The summed E-state index contributed by atoms with van der Waals surface area (Å²) in [4.78, 5) is 19.3. The van der Waals surface area contributed by atoms with Crippen molar-refractivity contribution in [3.63, 3.8) is 0 Å². The molecule has 5 nitrogen and oxygen atoms in total. The Kier molecular flexibility index (Phi) is 4.82. The maximum absolute atomic E-state index is 11.3. The van der Waals surface area contributed by atoms with Gasteiger partial charge in [-0.25, -0.2) is 9.97 Å². The molecule has 0 aliphatic carbocycles. The van der Waals surface area contributed by atoms with Gasteiger partial charge in [0.15, 0.2) is 0 Å². The molecule has 1 aromatic heterocycles. The molecule has 2 aromatic carbocycles. The van der Waals surface area contributed by atoms with Gasteiger partial charge in [-0.15, -0.1) is 0 Å². The van der Waals surface area contributed by atoms with Crippen molar-refractivity contribution in [3.8, 4) is 34.1 Å². The monoisotopic (exact) mass is 329 g/mol. The van der Waals surface area contributed by atoms with Crippen molar-refractivity contribution in [1.29, 1.82) is 5.26 Å². The van der Waals surface area contributed by atoms with Crippen LogP contribution in [0.2, 0.25) is 0 Å². The van der Waals surface area contributed by atoms with E-state index in [1.54, 1.807) is 31.5 Å². The second kappa shape index (κ2) is 7.37. The molecule has 0 bridgehead atoms. The fourth-order valence-electron chi connectivity index (χ4n) is 2.31.